The van der Waals surface area contributed by atoms with E-state index in [0.29, 0.717) is 31.4 Å². The molecular weight excluding hydrogens is 547 g/mol. The molecule has 7 nitrogen and oxygen atoms in total. The molecule has 3 aromatic rings. The summed E-state index contributed by atoms with van der Waals surface area (Å²) in [4.78, 5) is 38.8. The van der Waals surface area contributed by atoms with Crippen molar-refractivity contribution in [2.45, 2.75) is 6.61 Å². The van der Waals surface area contributed by atoms with Gasteiger partial charge in [0.25, 0.3) is 11.8 Å². The summed E-state index contributed by atoms with van der Waals surface area (Å²) in [5.74, 6) is -1.30. The number of aromatic hydroxyl groups is 1. The van der Waals surface area contributed by atoms with E-state index in [1.54, 1.807) is 36.4 Å². The van der Waals surface area contributed by atoms with Crippen LogP contribution in [0.2, 0.25) is 10.0 Å². The highest BCUT2D eigenvalue weighted by molar-refractivity contribution is 9.10. The Morgan fingerprint density at radius 2 is 1.74 bits per heavy atom. The first-order valence-corrected chi connectivity index (χ1v) is 11.3. The van der Waals surface area contributed by atoms with Crippen molar-refractivity contribution >= 4 is 68.7 Å². The molecule has 3 aromatic carbocycles. The summed E-state index contributed by atoms with van der Waals surface area (Å²) in [6, 6.07) is 14.7. The van der Waals surface area contributed by atoms with Crippen LogP contribution in [0.1, 0.15) is 11.1 Å². The maximum atomic E-state index is 13.1. The van der Waals surface area contributed by atoms with Crippen LogP contribution in [-0.4, -0.2) is 23.0 Å². The van der Waals surface area contributed by atoms with Crippen LogP contribution < -0.4 is 15.0 Å². The van der Waals surface area contributed by atoms with Crippen LogP contribution in [0.4, 0.5) is 10.5 Å². The smallest absolute Gasteiger partial charge is 0.335 e. The van der Waals surface area contributed by atoms with Crippen LogP contribution >= 0.6 is 39.1 Å². The molecule has 0 bridgehead atoms. The summed E-state index contributed by atoms with van der Waals surface area (Å²) in [5, 5.41) is 12.6. The number of hydrogen-bond acceptors (Lipinski definition) is 5. The van der Waals surface area contributed by atoms with Crippen molar-refractivity contribution in [1.29, 1.82) is 0 Å². The van der Waals surface area contributed by atoms with Crippen LogP contribution in [-0.2, 0) is 16.2 Å². The number of carbonyl (C=O) groups excluding carboxylic acids is 3. The lowest BCUT2D eigenvalue weighted by molar-refractivity contribution is -0.122. The SMILES string of the molecule is O=C1NC(=O)N(c2ccc(O)cc2)C(=O)/C1=C/c1cc(Br)ccc1OCc1ccc(Cl)cc1Cl. The molecule has 0 aliphatic carbocycles. The molecular formula is C24H15BrCl2N2O5. The zero-order chi connectivity index (χ0) is 24.4. The Labute approximate surface area is 212 Å². The Kier molecular flexibility index (Phi) is 6.92. The molecule has 0 aromatic heterocycles. The topological polar surface area (TPSA) is 95.9 Å². The van der Waals surface area contributed by atoms with Crippen molar-refractivity contribution < 1.29 is 24.2 Å². The average Bonchev–Trinajstić information content (AvgIpc) is 2.78. The minimum atomic E-state index is -0.888. The minimum Gasteiger partial charge on any atom is -0.508 e. The summed E-state index contributed by atoms with van der Waals surface area (Å²) in [5.41, 5.74) is 1.06. The van der Waals surface area contributed by atoms with Gasteiger partial charge in [-0.05, 0) is 60.7 Å². The predicted molar refractivity (Wildman–Crippen MR) is 132 cm³/mol. The number of barbiturate groups is 1. The molecule has 0 radical (unpaired) electrons. The van der Waals surface area contributed by atoms with E-state index < -0.39 is 17.8 Å². The second-order valence-corrected chi connectivity index (χ2v) is 8.94. The lowest BCUT2D eigenvalue weighted by atomic mass is 10.1. The molecule has 4 rings (SSSR count). The summed E-state index contributed by atoms with van der Waals surface area (Å²) in [6.45, 7) is 0.117. The Bertz CT molecular complexity index is 1340. The monoisotopic (exact) mass is 560 g/mol. The van der Waals surface area contributed by atoms with Crippen molar-refractivity contribution in [3.8, 4) is 11.5 Å². The third-order valence-electron chi connectivity index (χ3n) is 4.88. The molecule has 172 valence electrons. The van der Waals surface area contributed by atoms with Crippen molar-refractivity contribution in [1.82, 2.24) is 5.32 Å². The molecule has 1 heterocycles. The quantitative estimate of drug-likeness (QED) is 0.307. The molecule has 2 N–H and O–H groups in total. The number of phenols is 1. The van der Waals surface area contributed by atoms with Crippen molar-refractivity contribution in [3.05, 3.63) is 91.9 Å². The van der Waals surface area contributed by atoms with Gasteiger partial charge in [-0.25, -0.2) is 9.69 Å². The molecule has 34 heavy (non-hydrogen) atoms. The third kappa shape index (κ3) is 5.09. The van der Waals surface area contributed by atoms with Crippen LogP contribution in [0, 0.1) is 0 Å². The molecule has 10 heteroatoms. The fourth-order valence-corrected chi connectivity index (χ4v) is 4.05. The van der Waals surface area contributed by atoms with E-state index in [1.165, 1.54) is 30.3 Å². The van der Waals surface area contributed by atoms with Crippen LogP contribution in [0.3, 0.4) is 0 Å². The van der Waals surface area contributed by atoms with E-state index in [0.717, 1.165) is 4.90 Å². The number of phenolic OH excluding ortho intramolecular Hbond substituents is 1. The van der Waals surface area contributed by atoms with Gasteiger partial charge in [-0.1, -0.05) is 45.2 Å². The van der Waals surface area contributed by atoms with E-state index in [2.05, 4.69) is 21.2 Å². The second-order valence-electron chi connectivity index (χ2n) is 7.18. The molecule has 4 amide bonds. The molecule has 0 saturated carbocycles. The Morgan fingerprint density at radius 3 is 2.44 bits per heavy atom. The van der Waals surface area contributed by atoms with Gasteiger partial charge in [0.15, 0.2) is 0 Å². The normalized spacial score (nSPS) is 15.0. The molecule has 1 aliphatic heterocycles. The number of ether oxygens (including phenoxy) is 1. The van der Waals surface area contributed by atoms with Gasteiger partial charge in [-0.2, -0.15) is 0 Å². The van der Waals surface area contributed by atoms with Gasteiger partial charge in [0.05, 0.1) is 5.69 Å². The largest absolute Gasteiger partial charge is 0.508 e. The highest BCUT2D eigenvalue weighted by Gasteiger charge is 2.37. The first kappa shape index (κ1) is 23.8. The average molecular weight is 562 g/mol. The van der Waals surface area contributed by atoms with Crippen molar-refractivity contribution in [2.24, 2.45) is 0 Å². The number of benzene rings is 3. The number of urea groups is 1. The number of hydrogen-bond donors (Lipinski definition) is 2. The molecule has 0 atom stereocenters. The number of nitrogens with zero attached hydrogens (tertiary/aromatic N) is 1. The summed E-state index contributed by atoms with van der Waals surface area (Å²) < 4.78 is 6.60. The summed E-state index contributed by atoms with van der Waals surface area (Å²) in [6.07, 6.45) is 1.35. The van der Waals surface area contributed by atoms with Crippen molar-refractivity contribution in [3.63, 3.8) is 0 Å². The number of halogens is 3. The fourth-order valence-electron chi connectivity index (χ4n) is 3.21. The van der Waals surface area contributed by atoms with Crippen molar-refractivity contribution in [2.75, 3.05) is 4.90 Å². The lowest BCUT2D eigenvalue weighted by Gasteiger charge is -2.26. The molecule has 1 aliphatic rings. The summed E-state index contributed by atoms with van der Waals surface area (Å²) in [7, 11) is 0. The minimum absolute atomic E-state index is 0.0304. The van der Waals surface area contributed by atoms with E-state index in [-0.39, 0.29) is 23.6 Å². The number of nitrogens with one attached hydrogen (secondary N) is 1. The number of carbonyl (C=O) groups is 3. The van der Waals surface area contributed by atoms with E-state index >= 15 is 0 Å². The van der Waals surface area contributed by atoms with Crippen LogP contribution in [0.5, 0.6) is 11.5 Å². The van der Waals surface area contributed by atoms with E-state index in [9.17, 15) is 19.5 Å². The fraction of sp³-hybridized carbons (Fsp3) is 0.0417. The zero-order valence-electron chi connectivity index (χ0n) is 17.2. The molecule has 0 unspecified atom stereocenters. The Balaban J connectivity index is 1.67. The van der Waals surface area contributed by atoms with E-state index in [4.69, 9.17) is 27.9 Å². The zero-order valence-corrected chi connectivity index (χ0v) is 20.3. The number of rotatable bonds is 5. The summed E-state index contributed by atoms with van der Waals surface area (Å²) >= 11 is 15.5. The molecule has 0 spiro atoms. The molecule has 1 saturated heterocycles. The maximum absolute atomic E-state index is 13.1. The predicted octanol–water partition coefficient (Wildman–Crippen LogP) is 5.71. The standard InChI is InChI=1S/C24H15BrCl2N2O5/c25-15-2-8-21(34-12-13-1-3-16(26)11-20(13)27)14(9-15)10-19-22(31)28-24(33)29(23(19)32)17-4-6-18(30)7-5-17/h1-11,30H,12H2,(H,28,31,33)/b19-10+. The van der Waals surface area contributed by atoms with Gasteiger partial charge < -0.3 is 9.84 Å². The Morgan fingerprint density at radius 1 is 1.00 bits per heavy atom. The first-order valence-electron chi connectivity index (χ1n) is 9.79. The first-order chi connectivity index (χ1) is 16.2. The van der Waals surface area contributed by atoms with Gasteiger partial charge in [0, 0.05) is 25.6 Å². The van der Waals surface area contributed by atoms with Gasteiger partial charge >= 0.3 is 6.03 Å². The number of anilines is 1. The maximum Gasteiger partial charge on any atom is 0.335 e. The molecule has 1 fully saturated rings. The van der Waals surface area contributed by atoms with E-state index in [1.807, 2.05) is 0 Å². The third-order valence-corrected chi connectivity index (χ3v) is 5.96. The van der Waals surface area contributed by atoms with Gasteiger partial charge in [0.1, 0.15) is 23.7 Å². The van der Waals surface area contributed by atoms with Crippen LogP contribution in [0.25, 0.3) is 6.08 Å². The van der Waals surface area contributed by atoms with Crippen LogP contribution in [0.15, 0.2) is 70.7 Å². The Hall–Kier alpha value is -3.33. The lowest BCUT2D eigenvalue weighted by Crippen LogP contribution is -2.54. The highest BCUT2D eigenvalue weighted by Crippen LogP contribution is 2.30. The van der Waals surface area contributed by atoms with Gasteiger partial charge in [-0.15, -0.1) is 0 Å². The van der Waals surface area contributed by atoms with Gasteiger partial charge in [0.2, 0.25) is 0 Å². The number of amides is 4. The number of imide groups is 2. The van der Waals surface area contributed by atoms with Gasteiger partial charge in [-0.3, -0.25) is 14.9 Å². The second kappa shape index (κ2) is 9.89. The highest BCUT2D eigenvalue weighted by atomic mass is 79.9.